The minimum Gasteiger partial charge on any atom is -0.394 e. The van der Waals surface area contributed by atoms with E-state index in [1.54, 1.807) is 11.8 Å². The molecule has 0 bridgehead atoms. The van der Waals surface area contributed by atoms with E-state index in [9.17, 15) is 5.11 Å². The van der Waals surface area contributed by atoms with Gasteiger partial charge in [0, 0.05) is 15.1 Å². The molecule has 1 aliphatic heterocycles. The highest BCUT2D eigenvalue weighted by Crippen LogP contribution is 2.39. The molecule has 1 heterocycles. The Kier molecular flexibility index (Phi) is 2.88. The van der Waals surface area contributed by atoms with Crippen LogP contribution in [0.5, 0.6) is 0 Å². The molecule has 0 aliphatic carbocycles. The Morgan fingerprint density at radius 3 is 3.07 bits per heavy atom. The lowest BCUT2D eigenvalue weighted by atomic mass is 9.89. The Morgan fingerprint density at radius 1 is 1.57 bits per heavy atom. The summed E-state index contributed by atoms with van der Waals surface area (Å²) in [4.78, 5) is 1.19. The fourth-order valence-corrected chi connectivity index (χ4v) is 3.29. The van der Waals surface area contributed by atoms with Crippen LogP contribution in [0.4, 0.5) is 0 Å². The van der Waals surface area contributed by atoms with Crippen molar-refractivity contribution in [1.29, 1.82) is 0 Å². The summed E-state index contributed by atoms with van der Waals surface area (Å²) in [5, 5.41) is 9.34. The fraction of sp³-hybridized carbons (Fsp3) is 0.400. The van der Waals surface area contributed by atoms with Gasteiger partial charge in [0.1, 0.15) is 0 Å². The minimum atomic E-state index is -0.551. The van der Waals surface area contributed by atoms with Gasteiger partial charge >= 0.3 is 0 Å². The molecule has 76 valence electrons. The molecular weight excluding hydrogens is 262 g/mol. The second kappa shape index (κ2) is 3.85. The van der Waals surface area contributed by atoms with Crippen LogP contribution in [0.15, 0.2) is 27.6 Å². The summed E-state index contributed by atoms with van der Waals surface area (Å²) in [5.41, 5.74) is 6.66. The Hall–Kier alpha value is -0.0300. The average molecular weight is 274 g/mol. The normalized spacial score (nSPS) is 25.9. The van der Waals surface area contributed by atoms with Gasteiger partial charge in [-0.05, 0) is 30.2 Å². The van der Waals surface area contributed by atoms with Gasteiger partial charge in [0.2, 0.25) is 0 Å². The molecule has 2 rings (SSSR count). The Bertz CT molecular complexity index is 358. The number of fused-ring (bicyclic) bond motifs is 1. The van der Waals surface area contributed by atoms with E-state index < -0.39 is 5.54 Å². The van der Waals surface area contributed by atoms with Gasteiger partial charge in [0.25, 0.3) is 0 Å². The first kappa shape index (κ1) is 10.5. The van der Waals surface area contributed by atoms with E-state index in [1.807, 2.05) is 12.1 Å². The molecule has 0 fully saturated rings. The average Bonchev–Trinajstić information content (AvgIpc) is 2.20. The summed E-state index contributed by atoms with van der Waals surface area (Å²) in [6.07, 6.45) is 0.831. The Morgan fingerprint density at radius 2 is 2.36 bits per heavy atom. The summed E-state index contributed by atoms with van der Waals surface area (Å²) in [7, 11) is 0. The molecule has 3 N–H and O–H groups in total. The van der Waals surface area contributed by atoms with Gasteiger partial charge in [0.15, 0.2) is 0 Å². The molecule has 1 aromatic carbocycles. The molecule has 14 heavy (non-hydrogen) atoms. The third kappa shape index (κ3) is 1.72. The van der Waals surface area contributed by atoms with E-state index in [0.717, 1.165) is 22.2 Å². The lowest BCUT2D eigenvalue weighted by molar-refractivity contribution is 0.189. The molecule has 2 nitrogen and oxygen atoms in total. The summed E-state index contributed by atoms with van der Waals surface area (Å²) >= 11 is 5.23. The quantitative estimate of drug-likeness (QED) is 0.824. The number of thioether (sulfide) groups is 1. The highest BCUT2D eigenvalue weighted by Gasteiger charge is 2.32. The van der Waals surface area contributed by atoms with Crippen LogP contribution < -0.4 is 5.73 Å². The highest BCUT2D eigenvalue weighted by atomic mass is 79.9. The van der Waals surface area contributed by atoms with Crippen LogP contribution in [-0.2, 0) is 5.54 Å². The number of hydrogen-bond donors (Lipinski definition) is 2. The summed E-state index contributed by atoms with van der Waals surface area (Å²) in [6, 6.07) is 6.08. The van der Waals surface area contributed by atoms with Crippen molar-refractivity contribution in [3.05, 3.63) is 28.2 Å². The highest BCUT2D eigenvalue weighted by molar-refractivity contribution is 9.10. The summed E-state index contributed by atoms with van der Waals surface area (Å²) in [5.74, 6) is 0.978. The second-order valence-corrected chi connectivity index (χ2v) is 5.61. The monoisotopic (exact) mass is 273 g/mol. The third-order valence-corrected chi connectivity index (χ3v) is 4.13. The van der Waals surface area contributed by atoms with Gasteiger partial charge in [-0.15, -0.1) is 11.8 Å². The van der Waals surface area contributed by atoms with Gasteiger partial charge in [0.05, 0.1) is 12.1 Å². The van der Waals surface area contributed by atoms with Crippen LogP contribution in [0.2, 0.25) is 0 Å². The summed E-state index contributed by atoms with van der Waals surface area (Å²) in [6.45, 7) is 0.0109. The van der Waals surface area contributed by atoms with Crippen LogP contribution >= 0.6 is 27.7 Å². The number of halogens is 1. The van der Waals surface area contributed by atoms with Crippen LogP contribution in [0.1, 0.15) is 12.0 Å². The Labute approximate surface area is 96.0 Å². The molecule has 1 unspecified atom stereocenters. The van der Waals surface area contributed by atoms with Gasteiger partial charge in [-0.1, -0.05) is 15.9 Å². The van der Waals surface area contributed by atoms with Crippen molar-refractivity contribution in [2.24, 2.45) is 5.73 Å². The van der Waals surface area contributed by atoms with E-state index in [-0.39, 0.29) is 6.61 Å². The maximum absolute atomic E-state index is 9.34. The van der Waals surface area contributed by atoms with Crippen molar-refractivity contribution in [1.82, 2.24) is 0 Å². The molecule has 0 aromatic heterocycles. The van der Waals surface area contributed by atoms with Crippen LogP contribution in [0.25, 0.3) is 0 Å². The lowest BCUT2D eigenvalue weighted by Gasteiger charge is -2.33. The van der Waals surface area contributed by atoms with Crippen LogP contribution in [0, 0.1) is 0 Å². The van der Waals surface area contributed by atoms with Crippen molar-refractivity contribution < 1.29 is 5.11 Å². The van der Waals surface area contributed by atoms with Gasteiger partial charge < -0.3 is 10.8 Å². The van der Waals surface area contributed by atoms with Gasteiger partial charge in [-0.2, -0.15) is 0 Å². The predicted molar refractivity (Wildman–Crippen MR) is 62.4 cm³/mol. The van der Waals surface area contributed by atoms with E-state index in [1.165, 1.54) is 4.90 Å². The molecule has 1 atom stereocenters. The van der Waals surface area contributed by atoms with Crippen molar-refractivity contribution >= 4 is 27.7 Å². The fourth-order valence-electron chi connectivity index (χ4n) is 1.66. The van der Waals surface area contributed by atoms with E-state index in [2.05, 4.69) is 22.0 Å². The Balaban J connectivity index is 2.52. The first-order valence-electron chi connectivity index (χ1n) is 4.48. The van der Waals surface area contributed by atoms with Crippen molar-refractivity contribution in [3.63, 3.8) is 0 Å². The summed E-state index contributed by atoms with van der Waals surface area (Å²) < 4.78 is 1.02. The van der Waals surface area contributed by atoms with Gasteiger partial charge in [-0.25, -0.2) is 0 Å². The predicted octanol–water partition coefficient (Wildman–Crippen LogP) is 2.09. The molecule has 1 aromatic rings. The number of aliphatic hydroxyl groups is 1. The zero-order chi connectivity index (χ0) is 10.2. The standard InChI is InChI=1S/C10H12BrNOS/c11-7-1-2-9-8(5-7)10(12,6-13)3-4-14-9/h1-2,5,13H,3-4,6,12H2. The molecular formula is C10H12BrNOS. The molecule has 0 spiro atoms. The lowest BCUT2D eigenvalue weighted by Crippen LogP contribution is -2.43. The maximum atomic E-state index is 9.34. The van der Waals surface area contributed by atoms with E-state index in [0.29, 0.717) is 0 Å². The SMILES string of the molecule is NC1(CO)CCSc2ccc(Br)cc21. The zero-order valence-corrected chi connectivity index (χ0v) is 10.1. The molecule has 4 heteroatoms. The van der Waals surface area contributed by atoms with E-state index in [4.69, 9.17) is 5.73 Å². The zero-order valence-electron chi connectivity index (χ0n) is 7.66. The molecule has 0 saturated carbocycles. The largest absolute Gasteiger partial charge is 0.394 e. The molecule has 0 amide bonds. The topological polar surface area (TPSA) is 46.2 Å². The number of benzene rings is 1. The number of aliphatic hydroxyl groups excluding tert-OH is 1. The number of nitrogens with two attached hydrogens (primary N) is 1. The minimum absolute atomic E-state index is 0.0109. The first-order valence-corrected chi connectivity index (χ1v) is 6.26. The molecule has 1 aliphatic rings. The van der Waals surface area contributed by atoms with Crippen molar-refractivity contribution in [2.45, 2.75) is 16.9 Å². The van der Waals surface area contributed by atoms with Gasteiger partial charge in [-0.3, -0.25) is 0 Å². The molecule has 0 saturated heterocycles. The van der Waals surface area contributed by atoms with Crippen molar-refractivity contribution in [3.8, 4) is 0 Å². The maximum Gasteiger partial charge on any atom is 0.0663 e. The van der Waals surface area contributed by atoms with Crippen LogP contribution in [0.3, 0.4) is 0 Å². The van der Waals surface area contributed by atoms with E-state index >= 15 is 0 Å². The smallest absolute Gasteiger partial charge is 0.0663 e. The second-order valence-electron chi connectivity index (χ2n) is 3.55. The number of rotatable bonds is 1. The number of hydrogen-bond acceptors (Lipinski definition) is 3. The third-order valence-electron chi connectivity index (χ3n) is 2.57. The first-order chi connectivity index (χ1) is 6.65. The van der Waals surface area contributed by atoms with Crippen LogP contribution in [-0.4, -0.2) is 17.5 Å². The van der Waals surface area contributed by atoms with Crippen molar-refractivity contribution in [2.75, 3.05) is 12.4 Å². The molecule has 0 radical (unpaired) electrons.